The van der Waals surface area contributed by atoms with E-state index in [9.17, 15) is 4.79 Å². The number of anilines is 1. The summed E-state index contributed by atoms with van der Waals surface area (Å²) >= 11 is 11.9. The molecule has 132 valence electrons. The Morgan fingerprint density at radius 2 is 1.85 bits per heavy atom. The van der Waals surface area contributed by atoms with E-state index in [4.69, 9.17) is 27.6 Å². The molecule has 1 amide bonds. The molecule has 0 bridgehead atoms. The van der Waals surface area contributed by atoms with Crippen molar-refractivity contribution in [1.29, 1.82) is 0 Å². The number of nitrogens with zero attached hydrogens (tertiary/aromatic N) is 1. The fourth-order valence-corrected chi connectivity index (χ4v) is 2.47. The first kappa shape index (κ1) is 18.0. The second kappa shape index (κ2) is 8.56. The molecule has 0 saturated heterocycles. The zero-order chi connectivity index (χ0) is 18.4. The van der Waals surface area contributed by atoms with E-state index in [0.29, 0.717) is 21.6 Å². The number of rotatable bonds is 6. The standard InChI is InChI=1S/C19H15Cl2N3O2/c20-16-8-6-13(10-17(16)21)18-9-7-15(26-18)11-23-24-19(25)12-22-14-4-2-1-3-5-14/h1-11,22H,12H2,(H,24,25)/b23-11-. The van der Waals surface area contributed by atoms with Crippen molar-refractivity contribution >= 4 is 41.0 Å². The van der Waals surface area contributed by atoms with Crippen LogP contribution in [-0.4, -0.2) is 18.7 Å². The molecule has 26 heavy (non-hydrogen) atoms. The molecule has 0 unspecified atom stereocenters. The number of hydrogen-bond donors (Lipinski definition) is 2. The summed E-state index contributed by atoms with van der Waals surface area (Å²) in [5, 5.41) is 7.82. The Morgan fingerprint density at radius 1 is 1.04 bits per heavy atom. The number of furan rings is 1. The van der Waals surface area contributed by atoms with E-state index in [1.807, 2.05) is 36.4 Å². The van der Waals surface area contributed by atoms with Crippen LogP contribution in [0, 0.1) is 0 Å². The second-order valence-corrected chi connectivity index (χ2v) is 6.16. The van der Waals surface area contributed by atoms with Crippen molar-refractivity contribution in [1.82, 2.24) is 5.43 Å². The smallest absolute Gasteiger partial charge is 0.259 e. The molecule has 3 rings (SSSR count). The monoisotopic (exact) mass is 387 g/mol. The molecule has 2 aromatic carbocycles. The predicted octanol–water partition coefficient (Wildman–Crippen LogP) is 4.82. The molecule has 7 heteroatoms. The number of hydrazone groups is 1. The zero-order valence-corrected chi connectivity index (χ0v) is 15.1. The third-order valence-electron chi connectivity index (χ3n) is 3.44. The summed E-state index contributed by atoms with van der Waals surface area (Å²) in [7, 11) is 0. The van der Waals surface area contributed by atoms with Crippen molar-refractivity contribution in [3.8, 4) is 11.3 Å². The lowest BCUT2D eigenvalue weighted by molar-refractivity contribution is -0.119. The van der Waals surface area contributed by atoms with Gasteiger partial charge in [-0.3, -0.25) is 4.79 Å². The van der Waals surface area contributed by atoms with Crippen LogP contribution in [0.1, 0.15) is 5.76 Å². The number of hydrogen-bond acceptors (Lipinski definition) is 4. The molecule has 1 aromatic heterocycles. The molecule has 0 spiro atoms. The van der Waals surface area contributed by atoms with Crippen LogP contribution in [0.15, 0.2) is 70.2 Å². The Bertz CT molecular complexity index is 924. The van der Waals surface area contributed by atoms with Gasteiger partial charge in [0.15, 0.2) is 0 Å². The topological polar surface area (TPSA) is 66.6 Å². The largest absolute Gasteiger partial charge is 0.455 e. The number of carbonyl (C=O) groups is 1. The summed E-state index contributed by atoms with van der Waals surface area (Å²) < 4.78 is 5.66. The maximum absolute atomic E-state index is 11.8. The summed E-state index contributed by atoms with van der Waals surface area (Å²) in [5.41, 5.74) is 4.10. The minimum Gasteiger partial charge on any atom is -0.455 e. The lowest BCUT2D eigenvalue weighted by Crippen LogP contribution is -2.25. The Balaban J connectivity index is 1.53. The molecule has 5 nitrogen and oxygen atoms in total. The van der Waals surface area contributed by atoms with Crippen LogP contribution in [0.25, 0.3) is 11.3 Å². The molecule has 2 N–H and O–H groups in total. The van der Waals surface area contributed by atoms with E-state index in [1.54, 1.807) is 24.3 Å². The van der Waals surface area contributed by atoms with E-state index in [-0.39, 0.29) is 12.5 Å². The highest BCUT2D eigenvalue weighted by molar-refractivity contribution is 6.42. The summed E-state index contributed by atoms with van der Waals surface area (Å²) in [6, 6.07) is 18.2. The van der Waals surface area contributed by atoms with Crippen LogP contribution in [0.4, 0.5) is 5.69 Å². The van der Waals surface area contributed by atoms with Crippen LogP contribution >= 0.6 is 23.2 Å². The molecule has 0 aliphatic carbocycles. The number of halogens is 2. The Labute approximate surface area is 160 Å². The fourth-order valence-electron chi connectivity index (χ4n) is 2.17. The number of para-hydroxylation sites is 1. The first-order chi connectivity index (χ1) is 12.6. The summed E-state index contributed by atoms with van der Waals surface area (Å²) in [5.74, 6) is 0.867. The van der Waals surface area contributed by atoms with Gasteiger partial charge in [0.25, 0.3) is 5.91 Å². The van der Waals surface area contributed by atoms with Gasteiger partial charge in [-0.25, -0.2) is 5.43 Å². The van der Waals surface area contributed by atoms with E-state index in [1.165, 1.54) is 6.21 Å². The minimum atomic E-state index is -0.263. The number of benzene rings is 2. The molecule has 0 saturated carbocycles. The van der Waals surface area contributed by atoms with Crippen molar-refractivity contribution in [2.24, 2.45) is 5.10 Å². The third-order valence-corrected chi connectivity index (χ3v) is 4.18. The average molecular weight is 388 g/mol. The van der Waals surface area contributed by atoms with Crippen molar-refractivity contribution in [2.75, 3.05) is 11.9 Å². The molecule has 0 aliphatic rings. The van der Waals surface area contributed by atoms with Crippen LogP contribution in [-0.2, 0) is 4.79 Å². The third kappa shape index (κ3) is 4.88. The number of nitrogens with one attached hydrogen (secondary N) is 2. The van der Waals surface area contributed by atoms with Gasteiger partial charge in [0.1, 0.15) is 11.5 Å². The lowest BCUT2D eigenvalue weighted by Gasteiger charge is -2.04. The Kier molecular flexibility index (Phi) is 5.94. The lowest BCUT2D eigenvalue weighted by atomic mass is 10.2. The molecule has 3 aromatic rings. The van der Waals surface area contributed by atoms with Gasteiger partial charge in [0, 0.05) is 11.3 Å². The Morgan fingerprint density at radius 3 is 2.62 bits per heavy atom. The summed E-state index contributed by atoms with van der Waals surface area (Å²) in [6.07, 6.45) is 1.43. The van der Waals surface area contributed by atoms with E-state index in [2.05, 4.69) is 15.8 Å². The SMILES string of the molecule is O=C(CNc1ccccc1)N/N=C\c1ccc(-c2ccc(Cl)c(Cl)c2)o1. The van der Waals surface area contributed by atoms with Crippen molar-refractivity contribution in [3.63, 3.8) is 0 Å². The zero-order valence-electron chi connectivity index (χ0n) is 13.6. The average Bonchev–Trinajstić information content (AvgIpc) is 3.12. The minimum absolute atomic E-state index is 0.119. The highest BCUT2D eigenvalue weighted by Gasteiger charge is 2.06. The molecular weight excluding hydrogens is 373 g/mol. The highest BCUT2D eigenvalue weighted by atomic mass is 35.5. The molecule has 1 heterocycles. The van der Waals surface area contributed by atoms with Crippen molar-refractivity contribution < 1.29 is 9.21 Å². The first-order valence-electron chi connectivity index (χ1n) is 7.78. The van der Waals surface area contributed by atoms with Crippen molar-refractivity contribution in [2.45, 2.75) is 0 Å². The molecule has 0 radical (unpaired) electrons. The van der Waals surface area contributed by atoms with Crippen LogP contribution in [0.3, 0.4) is 0 Å². The van der Waals surface area contributed by atoms with Crippen LogP contribution in [0.2, 0.25) is 10.0 Å². The van der Waals surface area contributed by atoms with Crippen molar-refractivity contribution in [3.05, 3.63) is 76.5 Å². The number of carbonyl (C=O) groups excluding carboxylic acids is 1. The van der Waals surface area contributed by atoms with E-state index >= 15 is 0 Å². The normalized spacial score (nSPS) is 10.8. The maximum atomic E-state index is 11.8. The molecule has 0 fully saturated rings. The van der Waals surface area contributed by atoms with Gasteiger partial charge in [0.05, 0.1) is 22.8 Å². The Hall–Kier alpha value is -2.76. The molecule has 0 aliphatic heterocycles. The van der Waals surface area contributed by atoms with E-state index < -0.39 is 0 Å². The van der Waals surface area contributed by atoms with Crippen LogP contribution in [0.5, 0.6) is 0 Å². The van der Waals surface area contributed by atoms with Gasteiger partial charge in [-0.15, -0.1) is 0 Å². The predicted molar refractivity (Wildman–Crippen MR) is 105 cm³/mol. The van der Waals surface area contributed by atoms with Gasteiger partial charge in [0.2, 0.25) is 0 Å². The van der Waals surface area contributed by atoms with Crippen LogP contribution < -0.4 is 10.7 Å². The van der Waals surface area contributed by atoms with Gasteiger partial charge in [-0.1, -0.05) is 41.4 Å². The highest BCUT2D eigenvalue weighted by Crippen LogP contribution is 2.29. The summed E-state index contributed by atoms with van der Waals surface area (Å²) in [6.45, 7) is 0.119. The van der Waals surface area contributed by atoms with Gasteiger partial charge >= 0.3 is 0 Å². The quantitative estimate of drug-likeness (QED) is 0.470. The van der Waals surface area contributed by atoms with Gasteiger partial charge in [-0.2, -0.15) is 5.10 Å². The summed E-state index contributed by atoms with van der Waals surface area (Å²) in [4.78, 5) is 11.8. The van der Waals surface area contributed by atoms with Gasteiger partial charge in [-0.05, 0) is 42.5 Å². The number of amides is 1. The molecule has 0 atom stereocenters. The second-order valence-electron chi connectivity index (χ2n) is 5.34. The maximum Gasteiger partial charge on any atom is 0.259 e. The first-order valence-corrected chi connectivity index (χ1v) is 8.53. The fraction of sp³-hybridized carbons (Fsp3) is 0.0526. The molecular formula is C19H15Cl2N3O2. The van der Waals surface area contributed by atoms with Gasteiger partial charge < -0.3 is 9.73 Å². The van der Waals surface area contributed by atoms with E-state index in [0.717, 1.165) is 11.3 Å².